The Hall–Kier alpha value is -2.64. The summed E-state index contributed by atoms with van der Waals surface area (Å²) in [5, 5.41) is 11.2. The Bertz CT molecular complexity index is 703. The van der Waals surface area contributed by atoms with Gasteiger partial charge in [-0.2, -0.15) is 0 Å². The molecule has 2 rings (SSSR count). The summed E-state index contributed by atoms with van der Waals surface area (Å²) < 4.78 is 5.33. The first-order valence-corrected chi connectivity index (χ1v) is 7.60. The van der Waals surface area contributed by atoms with Crippen LogP contribution < -0.4 is 5.73 Å². The van der Waals surface area contributed by atoms with Gasteiger partial charge in [0.1, 0.15) is 5.54 Å². The molecule has 1 amide bonds. The number of ether oxygens (including phenoxy) is 1. The zero-order chi connectivity index (χ0) is 18.2. The van der Waals surface area contributed by atoms with Gasteiger partial charge in [-0.3, -0.25) is 14.9 Å². The van der Waals surface area contributed by atoms with Crippen LogP contribution in [0.1, 0.15) is 38.9 Å². The lowest BCUT2D eigenvalue weighted by Crippen LogP contribution is -2.60. The number of nitro benzene ring substituents is 1. The van der Waals surface area contributed by atoms with E-state index in [0.717, 1.165) is 6.07 Å². The van der Waals surface area contributed by atoms with E-state index in [4.69, 9.17) is 10.5 Å². The number of carbonyl (C=O) groups is 2. The van der Waals surface area contributed by atoms with Gasteiger partial charge < -0.3 is 15.4 Å². The van der Waals surface area contributed by atoms with Crippen LogP contribution in [0.3, 0.4) is 0 Å². The summed E-state index contributed by atoms with van der Waals surface area (Å²) in [5.74, 6) is -0.903. The fourth-order valence-corrected chi connectivity index (χ4v) is 2.99. The molecule has 1 saturated heterocycles. The lowest BCUT2D eigenvalue weighted by atomic mass is 9.86. The van der Waals surface area contributed by atoms with E-state index >= 15 is 0 Å². The fraction of sp³-hybridized carbons (Fsp3) is 0.500. The molecule has 8 heteroatoms. The number of nitrogens with two attached hydrogens (primary N) is 1. The number of morpholine rings is 1. The van der Waals surface area contributed by atoms with Crippen LogP contribution in [0.4, 0.5) is 11.4 Å². The van der Waals surface area contributed by atoms with Crippen LogP contribution in [-0.2, 0) is 14.3 Å². The SMILES string of the molecule is CC(C)CC1(C)C(=O)OC(c2ccc(N)cc2[N+](=O)[O-])C(=O)N1C. The second-order valence-electron chi connectivity index (χ2n) is 6.63. The Kier molecular flexibility index (Phi) is 4.50. The number of nitrogen functional groups attached to an aromatic ring is 1. The van der Waals surface area contributed by atoms with E-state index in [0.29, 0.717) is 6.42 Å². The van der Waals surface area contributed by atoms with Gasteiger partial charge in [0.2, 0.25) is 6.10 Å². The van der Waals surface area contributed by atoms with Crippen molar-refractivity contribution in [2.75, 3.05) is 12.8 Å². The third kappa shape index (κ3) is 2.91. The van der Waals surface area contributed by atoms with Crippen LogP contribution in [0.5, 0.6) is 0 Å². The van der Waals surface area contributed by atoms with Gasteiger partial charge in [0.15, 0.2) is 0 Å². The number of cyclic esters (lactones) is 1. The van der Waals surface area contributed by atoms with E-state index < -0.39 is 28.4 Å². The molecule has 1 heterocycles. The largest absolute Gasteiger partial charge is 0.445 e. The highest BCUT2D eigenvalue weighted by Crippen LogP contribution is 2.38. The van der Waals surface area contributed by atoms with Crippen molar-refractivity contribution >= 4 is 23.3 Å². The molecule has 0 saturated carbocycles. The van der Waals surface area contributed by atoms with Crippen molar-refractivity contribution in [3.63, 3.8) is 0 Å². The minimum absolute atomic E-state index is 0.0194. The Morgan fingerprint density at radius 1 is 1.42 bits per heavy atom. The number of hydrogen-bond acceptors (Lipinski definition) is 6. The average molecular weight is 335 g/mol. The summed E-state index contributed by atoms with van der Waals surface area (Å²) >= 11 is 0. The molecule has 0 aliphatic carbocycles. The van der Waals surface area contributed by atoms with E-state index in [2.05, 4.69) is 0 Å². The molecule has 2 N–H and O–H groups in total. The summed E-state index contributed by atoms with van der Waals surface area (Å²) in [7, 11) is 1.52. The molecule has 1 aromatic rings. The predicted octanol–water partition coefficient (Wildman–Crippen LogP) is 2.04. The fourth-order valence-electron chi connectivity index (χ4n) is 2.99. The van der Waals surface area contributed by atoms with Crippen LogP contribution in [0, 0.1) is 16.0 Å². The van der Waals surface area contributed by atoms with Gasteiger partial charge in [0.05, 0.1) is 10.5 Å². The minimum Gasteiger partial charge on any atom is -0.445 e. The molecule has 0 radical (unpaired) electrons. The zero-order valence-corrected chi connectivity index (χ0v) is 14.1. The van der Waals surface area contributed by atoms with Crippen LogP contribution in [0.25, 0.3) is 0 Å². The zero-order valence-electron chi connectivity index (χ0n) is 14.1. The maximum absolute atomic E-state index is 12.7. The molecule has 24 heavy (non-hydrogen) atoms. The number of carbonyl (C=O) groups excluding carboxylic acids is 2. The Morgan fingerprint density at radius 3 is 2.58 bits per heavy atom. The van der Waals surface area contributed by atoms with Crippen molar-refractivity contribution in [3.05, 3.63) is 33.9 Å². The topological polar surface area (TPSA) is 116 Å². The average Bonchev–Trinajstić information content (AvgIpc) is 2.49. The highest BCUT2D eigenvalue weighted by atomic mass is 16.6. The molecular weight excluding hydrogens is 314 g/mol. The number of amides is 1. The quantitative estimate of drug-likeness (QED) is 0.389. The van der Waals surface area contributed by atoms with Crippen molar-refractivity contribution in [2.24, 2.45) is 5.92 Å². The molecule has 2 unspecified atom stereocenters. The third-order valence-corrected chi connectivity index (χ3v) is 4.30. The van der Waals surface area contributed by atoms with E-state index in [1.165, 1.54) is 24.1 Å². The molecule has 8 nitrogen and oxygen atoms in total. The highest BCUT2D eigenvalue weighted by Gasteiger charge is 2.51. The van der Waals surface area contributed by atoms with Gasteiger partial charge in [-0.05, 0) is 31.4 Å². The summed E-state index contributed by atoms with van der Waals surface area (Å²) in [6.07, 6.45) is -0.909. The number of hydrogen-bond donors (Lipinski definition) is 1. The van der Waals surface area contributed by atoms with Crippen LogP contribution in [0.2, 0.25) is 0 Å². The minimum atomic E-state index is -1.34. The summed E-state index contributed by atoms with van der Waals surface area (Å²) in [5.41, 5.74) is 4.35. The van der Waals surface area contributed by atoms with Crippen molar-refractivity contribution in [1.29, 1.82) is 0 Å². The summed E-state index contributed by atoms with van der Waals surface area (Å²) in [6.45, 7) is 5.52. The van der Waals surface area contributed by atoms with Gasteiger partial charge >= 0.3 is 5.97 Å². The van der Waals surface area contributed by atoms with Gasteiger partial charge in [-0.1, -0.05) is 13.8 Å². The lowest BCUT2D eigenvalue weighted by Gasteiger charge is -2.43. The number of likely N-dealkylation sites (N-methyl/N-ethyl adjacent to an activating group) is 1. The van der Waals surface area contributed by atoms with Crippen LogP contribution in [-0.4, -0.2) is 34.3 Å². The number of nitrogens with zero attached hydrogens (tertiary/aromatic N) is 2. The number of nitro groups is 1. The first kappa shape index (κ1) is 17.7. The first-order valence-electron chi connectivity index (χ1n) is 7.60. The number of anilines is 1. The second-order valence-corrected chi connectivity index (χ2v) is 6.63. The maximum atomic E-state index is 12.7. The second kappa shape index (κ2) is 6.10. The molecule has 2 atom stereocenters. The monoisotopic (exact) mass is 335 g/mol. The number of benzene rings is 1. The maximum Gasteiger partial charge on any atom is 0.332 e. The van der Waals surface area contributed by atoms with E-state index in [1.54, 1.807) is 6.92 Å². The third-order valence-electron chi connectivity index (χ3n) is 4.30. The van der Waals surface area contributed by atoms with Gasteiger partial charge in [-0.15, -0.1) is 0 Å². The van der Waals surface area contributed by atoms with E-state index in [-0.39, 0.29) is 22.9 Å². The molecule has 0 spiro atoms. The van der Waals surface area contributed by atoms with Crippen LogP contribution >= 0.6 is 0 Å². The van der Waals surface area contributed by atoms with Crippen molar-refractivity contribution in [3.8, 4) is 0 Å². The summed E-state index contributed by atoms with van der Waals surface area (Å²) in [6, 6.07) is 3.94. The summed E-state index contributed by atoms with van der Waals surface area (Å²) in [4.78, 5) is 37.2. The van der Waals surface area contributed by atoms with Crippen molar-refractivity contribution < 1.29 is 19.2 Å². The van der Waals surface area contributed by atoms with E-state index in [9.17, 15) is 19.7 Å². The van der Waals surface area contributed by atoms with Crippen molar-refractivity contribution in [1.82, 2.24) is 4.90 Å². The highest BCUT2D eigenvalue weighted by molar-refractivity contribution is 5.96. The van der Waals surface area contributed by atoms with E-state index in [1.807, 2.05) is 13.8 Å². The Balaban J connectivity index is 2.45. The Labute approximate surface area is 139 Å². The number of rotatable bonds is 4. The lowest BCUT2D eigenvalue weighted by molar-refractivity contribution is -0.386. The molecule has 1 aromatic carbocycles. The molecule has 1 aliphatic rings. The molecule has 130 valence electrons. The standard InChI is InChI=1S/C16H21N3O5/c1-9(2)8-16(3)15(21)24-13(14(20)18(16)4)11-6-5-10(17)7-12(11)19(22)23/h5-7,9,13H,8,17H2,1-4H3. The van der Waals surface area contributed by atoms with Gasteiger partial charge in [0.25, 0.3) is 11.6 Å². The Morgan fingerprint density at radius 2 is 2.04 bits per heavy atom. The normalized spacial score (nSPS) is 24.2. The molecule has 0 bridgehead atoms. The molecule has 1 fully saturated rings. The van der Waals surface area contributed by atoms with Gasteiger partial charge in [-0.25, -0.2) is 4.79 Å². The van der Waals surface area contributed by atoms with Crippen LogP contribution in [0.15, 0.2) is 18.2 Å². The molecule has 0 aromatic heterocycles. The predicted molar refractivity (Wildman–Crippen MR) is 87.0 cm³/mol. The smallest absolute Gasteiger partial charge is 0.332 e. The van der Waals surface area contributed by atoms with Gasteiger partial charge in [0, 0.05) is 18.8 Å². The molecular formula is C16H21N3O5. The van der Waals surface area contributed by atoms with Crippen molar-refractivity contribution in [2.45, 2.75) is 38.8 Å². The number of esters is 1. The first-order chi connectivity index (χ1) is 11.1. The molecule has 1 aliphatic heterocycles.